The number of halogens is 1. The summed E-state index contributed by atoms with van der Waals surface area (Å²) in [5.74, 6) is 0.912. The van der Waals surface area contributed by atoms with Gasteiger partial charge in [0.15, 0.2) is 5.96 Å². The largest absolute Gasteiger partial charge is 0.352 e. The van der Waals surface area contributed by atoms with Crippen LogP contribution in [0.1, 0.15) is 18.1 Å². The molecule has 3 nitrogen and oxygen atoms in total. The smallest absolute Gasteiger partial charge is 0.191 e. The second-order valence-electron chi connectivity index (χ2n) is 4.16. The highest BCUT2D eigenvalue weighted by Gasteiger charge is 2.11. The van der Waals surface area contributed by atoms with Gasteiger partial charge in [-0.25, -0.2) is 0 Å². The summed E-state index contributed by atoms with van der Waals surface area (Å²) in [4.78, 5) is 4.36. The molecular formula is C12H16BrN3. The Kier molecular flexibility index (Phi) is 3.49. The van der Waals surface area contributed by atoms with E-state index in [1.54, 1.807) is 0 Å². The van der Waals surface area contributed by atoms with Crippen LogP contribution in [-0.4, -0.2) is 18.5 Å². The first kappa shape index (κ1) is 11.5. The lowest BCUT2D eigenvalue weighted by molar-refractivity contribution is 0.713. The van der Waals surface area contributed by atoms with Crippen LogP contribution in [-0.2, 0) is 6.54 Å². The zero-order valence-electron chi connectivity index (χ0n) is 9.55. The van der Waals surface area contributed by atoms with E-state index in [-0.39, 0.29) is 0 Å². The number of aliphatic imine (C=N–C) groups is 1. The minimum atomic E-state index is 0.452. The Morgan fingerprint density at radius 2 is 2.38 bits per heavy atom. The van der Waals surface area contributed by atoms with E-state index in [4.69, 9.17) is 0 Å². The average Bonchev–Trinajstić information content (AvgIpc) is 2.63. The molecule has 1 aromatic carbocycles. The summed E-state index contributed by atoms with van der Waals surface area (Å²) >= 11 is 3.47. The molecule has 86 valence electrons. The predicted molar refractivity (Wildman–Crippen MR) is 70.6 cm³/mol. The van der Waals surface area contributed by atoms with Gasteiger partial charge in [-0.05, 0) is 37.1 Å². The zero-order chi connectivity index (χ0) is 11.5. The van der Waals surface area contributed by atoms with Crippen molar-refractivity contribution in [1.29, 1.82) is 0 Å². The highest BCUT2D eigenvalue weighted by atomic mass is 79.9. The van der Waals surface area contributed by atoms with Crippen LogP contribution in [0.5, 0.6) is 0 Å². The van der Waals surface area contributed by atoms with E-state index in [1.165, 1.54) is 11.1 Å². The summed E-state index contributed by atoms with van der Waals surface area (Å²) in [6.45, 7) is 5.93. The van der Waals surface area contributed by atoms with Crippen LogP contribution in [0.15, 0.2) is 27.7 Å². The Labute approximate surface area is 104 Å². The number of hydrogen-bond donors (Lipinski definition) is 2. The maximum absolute atomic E-state index is 4.36. The third-order valence-electron chi connectivity index (χ3n) is 2.66. The first-order valence-corrected chi connectivity index (χ1v) is 6.24. The van der Waals surface area contributed by atoms with Crippen molar-refractivity contribution in [2.45, 2.75) is 26.4 Å². The van der Waals surface area contributed by atoms with E-state index >= 15 is 0 Å². The molecule has 0 radical (unpaired) electrons. The van der Waals surface area contributed by atoms with Crippen molar-refractivity contribution in [3.63, 3.8) is 0 Å². The van der Waals surface area contributed by atoms with Crippen molar-refractivity contribution < 1.29 is 0 Å². The summed E-state index contributed by atoms with van der Waals surface area (Å²) in [5.41, 5.74) is 2.58. The Morgan fingerprint density at radius 1 is 1.56 bits per heavy atom. The van der Waals surface area contributed by atoms with Gasteiger partial charge >= 0.3 is 0 Å². The van der Waals surface area contributed by atoms with Gasteiger partial charge in [-0.15, -0.1) is 0 Å². The summed E-state index contributed by atoms with van der Waals surface area (Å²) in [6, 6.07) is 6.78. The highest BCUT2D eigenvalue weighted by Crippen LogP contribution is 2.15. The van der Waals surface area contributed by atoms with Crippen molar-refractivity contribution in [2.24, 2.45) is 4.99 Å². The topological polar surface area (TPSA) is 36.4 Å². The fraction of sp³-hybridized carbons (Fsp3) is 0.417. The van der Waals surface area contributed by atoms with E-state index in [9.17, 15) is 0 Å². The number of rotatable bonds is 2. The molecular weight excluding hydrogens is 266 g/mol. The summed E-state index contributed by atoms with van der Waals surface area (Å²) in [7, 11) is 0. The van der Waals surface area contributed by atoms with E-state index in [1.807, 2.05) is 0 Å². The number of guanidine groups is 1. The number of benzene rings is 1. The van der Waals surface area contributed by atoms with Crippen molar-refractivity contribution in [1.82, 2.24) is 10.6 Å². The molecule has 2 N–H and O–H groups in total. The van der Waals surface area contributed by atoms with Gasteiger partial charge in [-0.1, -0.05) is 22.0 Å². The number of aryl methyl sites for hydroxylation is 1. The van der Waals surface area contributed by atoms with E-state index in [2.05, 4.69) is 63.6 Å². The molecule has 1 aromatic rings. The molecule has 0 fully saturated rings. The van der Waals surface area contributed by atoms with Crippen molar-refractivity contribution in [2.75, 3.05) is 6.54 Å². The Morgan fingerprint density at radius 3 is 3.00 bits per heavy atom. The van der Waals surface area contributed by atoms with Gasteiger partial charge < -0.3 is 10.6 Å². The highest BCUT2D eigenvalue weighted by molar-refractivity contribution is 9.10. The minimum Gasteiger partial charge on any atom is -0.352 e. The van der Waals surface area contributed by atoms with Crippen molar-refractivity contribution in [3.8, 4) is 0 Å². The predicted octanol–water partition coefficient (Wildman–Crippen LogP) is 2.19. The van der Waals surface area contributed by atoms with Crippen LogP contribution >= 0.6 is 15.9 Å². The summed E-state index contributed by atoms with van der Waals surface area (Å²) in [5, 5.41) is 6.60. The molecule has 1 atom stereocenters. The molecule has 4 heteroatoms. The molecule has 1 aliphatic heterocycles. The minimum absolute atomic E-state index is 0.452. The van der Waals surface area contributed by atoms with Crippen molar-refractivity contribution in [3.05, 3.63) is 33.8 Å². The zero-order valence-corrected chi connectivity index (χ0v) is 11.1. The van der Waals surface area contributed by atoms with Crippen LogP contribution in [0.4, 0.5) is 0 Å². The average molecular weight is 282 g/mol. The second-order valence-corrected chi connectivity index (χ2v) is 5.07. The quantitative estimate of drug-likeness (QED) is 0.872. The fourth-order valence-electron chi connectivity index (χ4n) is 1.70. The second kappa shape index (κ2) is 4.87. The van der Waals surface area contributed by atoms with Gasteiger partial charge in [0.25, 0.3) is 0 Å². The molecule has 0 aliphatic carbocycles. The van der Waals surface area contributed by atoms with Crippen LogP contribution in [0, 0.1) is 6.92 Å². The maximum atomic E-state index is 4.36. The van der Waals surface area contributed by atoms with Gasteiger partial charge in [0, 0.05) is 17.1 Å². The molecule has 1 heterocycles. The molecule has 1 aliphatic rings. The molecule has 2 rings (SSSR count). The molecule has 0 aromatic heterocycles. The molecule has 0 saturated carbocycles. The molecule has 0 amide bonds. The van der Waals surface area contributed by atoms with Gasteiger partial charge in [-0.2, -0.15) is 0 Å². The van der Waals surface area contributed by atoms with E-state index in [0.717, 1.165) is 23.5 Å². The third-order valence-corrected chi connectivity index (χ3v) is 3.15. The standard InChI is InChI=1S/C12H16BrN3/c1-8-5-11(13)4-3-10(8)7-15-12-14-6-9(2)16-12/h3-5,9H,6-7H2,1-2H3,(H2,14,15,16). The first-order valence-electron chi connectivity index (χ1n) is 5.45. The number of nitrogens with one attached hydrogen (secondary N) is 2. The van der Waals surface area contributed by atoms with Crippen LogP contribution in [0.2, 0.25) is 0 Å². The fourth-order valence-corrected chi connectivity index (χ4v) is 2.17. The van der Waals surface area contributed by atoms with Crippen LogP contribution in [0.25, 0.3) is 0 Å². The van der Waals surface area contributed by atoms with E-state index < -0.39 is 0 Å². The van der Waals surface area contributed by atoms with Gasteiger partial charge in [0.05, 0.1) is 6.54 Å². The molecule has 16 heavy (non-hydrogen) atoms. The van der Waals surface area contributed by atoms with Crippen LogP contribution < -0.4 is 10.6 Å². The Balaban J connectivity index is 1.95. The lowest BCUT2D eigenvalue weighted by atomic mass is 10.1. The maximum Gasteiger partial charge on any atom is 0.191 e. The van der Waals surface area contributed by atoms with Gasteiger partial charge in [0.1, 0.15) is 0 Å². The van der Waals surface area contributed by atoms with E-state index in [0.29, 0.717) is 6.04 Å². The van der Waals surface area contributed by atoms with Gasteiger partial charge in [0.2, 0.25) is 0 Å². The number of nitrogens with zero attached hydrogens (tertiary/aromatic N) is 1. The molecule has 0 bridgehead atoms. The normalized spacial score (nSPS) is 19.2. The number of hydrogen-bond acceptors (Lipinski definition) is 3. The molecule has 1 unspecified atom stereocenters. The van der Waals surface area contributed by atoms with Crippen molar-refractivity contribution >= 4 is 21.9 Å². The summed E-state index contributed by atoms with van der Waals surface area (Å²) < 4.78 is 1.12. The van der Waals surface area contributed by atoms with Crippen LogP contribution in [0.3, 0.4) is 0 Å². The molecule has 0 spiro atoms. The Hall–Kier alpha value is -1.03. The lowest BCUT2D eigenvalue weighted by Crippen LogP contribution is -2.37. The third kappa shape index (κ3) is 2.76. The SMILES string of the molecule is Cc1cc(Br)ccc1CNC1=NCC(C)N1. The lowest BCUT2D eigenvalue weighted by Gasteiger charge is -2.10. The van der Waals surface area contributed by atoms with Gasteiger partial charge in [-0.3, -0.25) is 4.99 Å². The first-order chi connectivity index (χ1) is 7.65. The monoisotopic (exact) mass is 281 g/mol. The molecule has 0 saturated heterocycles. The summed E-state index contributed by atoms with van der Waals surface area (Å²) in [6.07, 6.45) is 0. The Bertz CT molecular complexity index is 415.